The standard InChI is InChI=1S/C13H16N4O/c1-3-11(16-12-4-2-6-18-8-12)7-13(5-1)17-9-14-15-10-17/h1,3,5,7,9-10,12,16H,2,4,6,8H2. The third kappa shape index (κ3) is 2.51. The molecule has 1 aromatic carbocycles. The summed E-state index contributed by atoms with van der Waals surface area (Å²) in [4.78, 5) is 0. The predicted octanol–water partition coefficient (Wildman–Crippen LogP) is 1.86. The van der Waals surface area contributed by atoms with Crippen LogP contribution in [0.2, 0.25) is 0 Å². The fraction of sp³-hybridized carbons (Fsp3) is 0.385. The molecule has 0 aliphatic carbocycles. The number of rotatable bonds is 3. The average Bonchev–Trinajstić information content (AvgIpc) is 2.94. The summed E-state index contributed by atoms with van der Waals surface area (Å²) in [5.74, 6) is 0. The van der Waals surface area contributed by atoms with Crippen LogP contribution < -0.4 is 5.32 Å². The molecule has 1 aliphatic rings. The van der Waals surface area contributed by atoms with Crippen molar-refractivity contribution in [3.05, 3.63) is 36.9 Å². The van der Waals surface area contributed by atoms with E-state index in [1.54, 1.807) is 12.7 Å². The number of nitrogens with one attached hydrogen (secondary N) is 1. The van der Waals surface area contributed by atoms with Crippen LogP contribution in [0.15, 0.2) is 36.9 Å². The van der Waals surface area contributed by atoms with Gasteiger partial charge in [0.15, 0.2) is 0 Å². The number of hydrogen-bond donors (Lipinski definition) is 1. The van der Waals surface area contributed by atoms with E-state index < -0.39 is 0 Å². The Hall–Kier alpha value is -1.88. The van der Waals surface area contributed by atoms with E-state index in [1.807, 2.05) is 16.7 Å². The number of aromatic nitrogens is 3. The fourth-order valence-electron chi connectivity index (χ4n) is 2.18. The summed E-state index contributed by atoms with van der Waals surface area (Å²) in [5, 5.41) is 11.1. The van der Waals surface area contributed by atoms with Gasteiger partial charge in [-0.1, -0.05) is 6.07 Å². The average molecular weight is 244 g/mol. The molecular weight excluding hydrogens is 228 g/mol. The van der Waals surface area contributed by atoms with Crippen molar-refractivity contribution in [1.82, 2.24) is 14.8 Å². The van der Waals surface area contributed by atoms with Crippen LogP contribution in [0.1, 0.15) is 12.8 Å². The molecular formula is C13H16N4O. The summed E-state index contributed by atoms with van der Waals surface area (Å²) in [5.41, 5.74) is 2.17. The van der Waals surface area contributed by atoms with Gasteiger partial charge in [0.05, 0.1) is 12.3 Å². The summed E-state index contributed by atoms with van der Waals surface area (Å²) >= 11 is 0. The lowest BCUT2D eigenvalue weighted by atomic mass is 10.1. The second kappa shape index (κ2) is 5.18. The predicted molar refractivity (Wildman–Crippen MR) is 68.8 cm³/mol. The Morgan fingerprint density at radius 2 is 2.17 bits per heavy atom. The Kier molecular flexibility index (Phi) is 3.23. The molecule has 0 saturated carbocycles. The smallest absolute Gasteiger partial charge is 0.123 e. The first kappa shape index (κ1) is 11.2. The number of benzene rings is 1. The van der Waals surface area contributed by atoms with E-state index in [-0.39, 0.29) is 0 Å². The van der Waals surface area contributed by atoms with Crippen molar-refractivity contribution >= 4 is 5.69 Å². The Labute approximate surface area is 106 Å². The monoisotopic (exact) mass is 244 g/mol. The van der Waals surface area contributed by atoms with Crippen molar-refractivity contribution < 1.29 is 4.74 Å². The molecule has 1 N–H and O–H groups in total. The van der Waals surface area contributed by atoms with E-state index in [2.05, 4.69) is 27.6 Å². The zero-order chi connectivity index (χ0) is 12.2. The first-order chi connectivity index (χ1) is 8.92. The van der Waals surface area contributed by atoms with Gasteiger partial charge in [-0.15, -0.1) is 10.2 Å². The topological polar surface area (TPSA) is 52.0 Å². The van der Waals surface area contributed by atoms with Gasteiger partial charge in [-0.2, -0.15) is 0 Å². The van der Waals surface area contributed by atoms with Gasteiger partial charge in [0.2, 0.25) is 0 Å². The number of anilines is 1. The van der Waals surface area contributed by atoms with Gasteiger partial charge in [-0.05, 0) is 31.0 Å². The van der Waals surface area contributed by atoms with Crippen molar-refractivity contribution in [1.29, 1.82) is 0 Å². The van der Waals surface area contributed by atoms with Crippen LogP contribution >= 0.6 is 0 Å². The maximum atomic E-state index is 5.47. The van der Waals surface area contributed by atoms with Crippen molar-refractivity contribution in [2.45, 2.75) is 18.9 Å². The highest BCUT2D eigenvalue weighted by molar-refractivity contribution is 5.51. The minimum Gasteiger partial charge on any atom is -0.380 e. The van der Waals surface area contributed by atoms with Gasteiger partial charge < -0.3 is 10.1 Å². The molecule has 5 nitrogen and oxygen atoms in total. The molecule has 1 saturated heterocycles. The van der Waals surface area contributed by atoms with Gasteiger partial charge in [-0.25, -0.2) is 0 Å². The van der Waals surface area contributed by atoms with E-state index in [0.29, 0.717) is 6.04 Å². The lowest BCUT2D eigenvalue weighted by Gasteiger charge is -2.24. The van der Waals surface area contributed by atoms with Crippen LogP contribution in [-0.2, 0) is 4.74 Å². The van der Waals surface area contributed by atoms with Gasteiger partial charge in [0.25, 0.3) is 0 Å². The third-order valence-electron chi connectivity index (χ3n) is 3.09. The van der Waals surface area contributed by atoms with E-state index in [9.17, 15) is 0 Å². The minimum atomic E-state index is 0.412. The van der Waals surface area contributed by atoms with Crippen LogP contribution in [0.3, 0.4) is 0 Å². The van der Waals surface area contributed by atoms with Gasteiger partial charge in [-0.3, -0.25) is 4.57 Å². The van der Waals surface area contributed by atoms with E-state index >= 15 is 0 Å². The zero-order valence-corrected chi connectivity index (χ0v) is 10.1. The first-order valence-electron chi connectivity index (χ1n) is 6.21. The normalized spacial score (nSPS) is 19.7. The van der Waals surface area contributed by atoms with Crippen LogP contribution in [0.5, 0.6) is 0 Å². The first-order valence-corrected chi connectivity index (χ1v) is 6.21. The lowest BCUT2D eigenvalue weighted by Crippen LogP contribution is -2.29. The van der Waals surface area contributed by atoms with Crippen LogP contribution in [0.4, 0.5) is 5.69 Å². The highest BCUT2D eigenvalue weighted by Crippen LogP contribution is 2.17. The molecule has 2 aromatic rings. The van der Waals surface area contributed by atoms with Gasteiger partial charge in [0.1, 0.15) is 12.7 Å². The van der Waals surface area contributed by atoms with E-state index in [0.717, 1.165) is 37.4 Å². The molecule has 18 heavy (non-hydrogen) atoms. The number of nitrogens with zero attached hydrogens (tertiary/aromatic N) is 3. The fourth-order valence-corrected chi connectivity index (χ4v) is 2.18. The highest BCUT2D eigenvalue weighted by Gasteiger charge is 2.13. The van der Waals surface area contributed by atoms with Crippen LogP contribution in [0, 0.1) is 0 Å². The summed E-state index contributed by atoms with van der Waals surface area (Å²) in [6, 6.07) is 8.64. The summed E-state index contributed by atoms with van der Waals surface area (Å²) in [6.07, 6.45) is 5.69. The summed E-state index contributed by atoms with van der Waals surface area (Å²) < 4.78 is 7.36. The molecule has 3 rings (SSSR count). The zero-order valence-electron chi connectivity index (χ0n) is 10.1. The molecule has 1 aromatic heterocycles. The van der Waals surface area contributed by atoms with Crippen molar-refractivity contribution in [3.8, 4) is 5.69 Å². The molecule has 1 unspecified atom stereocenters. The number of hydrogen-bond acceptors (Lipinski definition) is 4. The lowest BCUT2D eigenvalue weighted by molar-refractivity contribution is 0.0876. The quantitative estimate of drug-likeness (QED) is 0.895. The van der Waals surface area contributed by atoms with E-state index in [1.165, 1.54) is 0 Å². The third-order valence-corrected chi connectivity index (χ3v) is 3.09. The largest absolute Gasteiger partial charge is 0.380 e. The Balaban J connectivity index is 1.74. The molecule has 1 aliphatic heterocycles. The number of ether oxygens (including phenoxy) is 1. The molecule has 0 spiro atoms. The summed E-state index contributed by atoms with van der Waals surface area (Å²) in [7, 11) is 0. The molecule has 1 fully saturated rings. The highest BCUT2D eigenvalue weighted by atomic mass is 16.5. The van der Waals surface area contributed by atoms with Crippen molar-refractivity contribution in [2.24, 2.45) is 0 Å². The Bertz CT molecular complexity index is 491. The van der Waals surface area contributed by atoms with Gasteiger partial charge in [0, 0.05) is 18.3 Å². The molecule has 94 valence electrons. The molecule has 5 heteroatoms. The summed E-state index contributed by atoms with van der Waals surface area (Å²) in [6.45, 7) is 1.68. The van der Waals surface area contributed by atoms with Gasteiger partial charge >= 0.3 is 0 Å². The molecule has 0 radical (unpaired) electrons. The second-order valence-corrected chi connectivity index (χ2v) is 4.48. The Morgan fingerprint density at radius 3 is 2.94 bits per heavy atom. The SMILES string of the molecule is c1cc(NC2CCCOC2)cc(-n2cnnc2)c1. The maximum absolute atomic E-state index is 5.47. The van der Waals surface area contributed by atoms with Crippen LogP contribution in [0.25, 0.3) is 5.69 Å². The molecule has 0 bridgehead atoms. The van der Waals surface area contributed by atoms with Crippen molar-refractivity contribution in [3.63, 3.8) is 0 Å². The maximum Gasteiger partial charge on any atom is 0.123 e. The molecule has 0 amide bonds. The second-order valence-electron chi connectivity index (χ2n) is 4.48. The van der Waals surface area contributed by atoms with Crippen LogP contribution in [-0.4, -0.2) is 34.0 Å². The Morgan fingerprint density at radius 1 is 1.28 bits per heavy atom. The van der Waals surface area contributed by atoms with Crippen molar-refractivity contribution in [2.75, 3.05) is 18.5 Å². The molecule has 2 heterocycles. The van der Waals surface area contributed by atoms with E-state index in [4.69, 9.17) is 4.74 Å². The minimum absolute atomic E-state index is 0.412. The molecule has 1 atom stereocenters.